The highest BCUT2D eigenvalue weighted by molar-refractivity contribution is 7.93. The number of hydrogen-bond donors (Lipinski definition) is 2. The second-order valence-electron chi connectivity index (χ2n) is 4.40. The van der Waals surface area contributed by atoms with Crippen LogP contribution in [0.3, 0.4) is 0 Å². The van der Waals surface area contributed by atoms with Crippen LogP contribution in [0, 0.1) is 6.92 Å². The van der Waals surface area contributed by atoms with Crippen LogP contribution in [-0.2, 0) is 23.6 Å². The first-order valence-corrected chi connectivity index (χ1v) is 8.60. The average Bonchev–Trinajstić information content (AvgIpc) is 2.94. The Morgan fingerprint density at radius 2 is 2.20 bits per heavy atom. The number of nitrogens with zero attached hydrogens (tertiary/aromatic N) is 2. The van der Waals surface area contributed by atoms with Gasteiger partial charge in [-0.3, -0.25) is 9.40 Å². The van der Waals surface area contributed by atoms with Crippen LogP contribution in [-0.4, -0.2) is 24.7 Å². The normalized spacial score (nSPS) is 11.8. The van der Waals surface area contributed by atoms with Gasteiger partial charge in [0.05, 0.1) is 11.4 Å². The van der Waals surface area contributed by atoms with E-state index in [0.29, 0.717) is 22.8 Å². The van der Waals surface area contributed by atoms with Gasteiger partial charge in [-0.15, -0.1) is 11.3 Å². The Morgan fingerprint density at radius 3 is 2.80 bits per heavy atom. The van der Waals surface area contributed by atoms with Gasteiger partial charge in [0, 0.05) is 24.7 Å². The molecule has 2 aromatic heterocycles. The van der Waals surface area contributed by atoms with Crippen molar-refractivity contribution in [3.05, 3.63) is 28.2 Å². The highest BCUT2D eigenvalue weighted by Gasteiger charge is 2.21. The first-order valence-electron chi connectivity index (χ1n) is 6.24. The Bertz CT molecular complexity index is 688. The molecule has 8 heteroatoms. The number of thiophene rings is 1. The molecule has 0 unspecified atom stereocenters. The Hall–Kier alpha value is -1.38. The van der Waals surface area contributed by atoms with Crippen molar-refractivity contribution in [1.82, 2.24) is 15.1 Å². The van der Waals surface area contributed by atoms with Crippen molar-refractivity contribution < 1.29 is 8.42 Å². The Labute approximate surface area is 122 Å². The molecule has 2 aromatic rings. The topological polar surface area (TPSA) is 76.0 Å². The lowest BCUT2D eigenvalue weighted by Gasteiger charge is -2.08. The molecule has 2 N–H and O–H groups in total. The second kappa shape index (κ2) is 5.94. The van der Waals surface area contributed by atoms with Gasteiger partial charge in [0.25, 0.3) is 10.0 Å². The van der Waals surface area contributed by atoms with Gasteiger partial charge in [-0.05, 0) is 24.9 Å². The molecule has 0 saturated carbocycles. The largest absolute Gasteiger partial charge is 0.312 e. The van der Waals surface area contributed by atoms with Crippen LogP contribution in [0.1, 0.15) is 17.5 Å². The number of hydrogen-bond acceptors (Lipinski definition) is 5. The molecule has 0 saturated heterocycles. The van der Waals surface area contributed by atoms with E-state index in [2.05, 4.69) is 15.1 Å². The van der Waals surface area contributed by atoms with Crippen molar-refractivity contribution in [2.24, 2.45) is 7.05 Å². The van der Waals surface area contributed by atoms with Crippen molar-refractivity contribution in [2.75, 3.05) is 11.3 Å². The lowest BCUT2D eigenvalue weighted by atomic mass is 10.4. The first kappa shape index (κ1) is 15.0. The van der Waals surface area contributed by atoms with E-state index in [4.69, 9.17) is 0 Å². The molecule has 110 valence electrons. The molecule has 0 aliphatic heterocycles. The number of sulfonamides is 1. The molecule has 0 radical (unpaired) electrons. The molecule has 0 aliphatic rings. The standard InChI is InChI=1S/C12H18N4O2S2/c1-4-13-7-11-12(5-6-19-11)20(17,18)15-10-8-16(3)14-9(10)2/h5-6,8,13,15H,4,7H2,1-3H3. The number of nitrogens with one attached hydrogen (secondary N) is 2. The smallest absolute Gasteiger partial charge is 0.263 e. The Morgan fingerprint density at radius 1 is 1.45 bits per heavy atom. The van der Waals surface area contributed by atoms with E-state index in [9.17, 15) is 8.42 Å². The second-order valence-corrected chi connectivity index (χ2v) is 7.05. The zero-order chi connectivity index (χ0) is 14.8. The summed E-state index contributed by atoms with van der Waals surface area (Å²) in [6.45, 7) is 5.10. The lowest BCUT2D eigenvalue weighted by molar-refractivity contribution is 0.599. The Kier molecular flexibility index (Phi) is 4.46. The van der Waals surface area contributed by atoms with E-state index < -0.39 is 10.0 Å². The molecule has 0 atom stereocenters. The van der Waals surface area contributed by atoms with E-state index in [1.54, 1.807) is 36.3 Å². The van der Waals surface area contributed by atoms with Crippen LogP contribution in [0.5, 0.6) is 0 Å². The molecular formula is C12H18N4O2S2. The van der Waals surface area contributed by atoms with Crippen molar-refractivity contribution >= 4 is 27.0 Å². The van der Waals surface area contributed by atoms with Crippen molar-refractivity contribution in [1.29, 1.82) is 0 Å². The SMILES string of the molecule is CCNCc1sccc1S(=O)(=O)Nc1cn(C)nc1C. The maximum Gasteiger partial charge on any atom is 0.263 e. The van der Waals surface area contributed by atoms with Gasteiger partial charge >= 0.3 is 0 Å². The molecular weight excluding hydrogens is 296 g/mol. The number of rotatable bonds is 6. The van der Waals surface area contributed by atoms with Crippen LogP contribution in [0.4, 0.5) is 5.69 Å². The van der Waals surface area contributed by atoms with Gasteiger partial charge in [-0.2, -0.15) is 5.10 Å². The molecule has 20 heavy (non-hydrogen) atoms. The highest BCUT2D eigenvalue weighted by atomic mass is 32.2. The third kappa shape index (κ3) is 3.20. The van der Waals surface area contributed by atoms with E-state index >= 15 is 0 Å². The number of aromatic nitrogens is 2. The molecule has 0 aromatic carbocycles. The van der Waals surface area contributed by atoms with Gasteiger partial charge < -0.3 is 5.32 Å². The lowest BCUT2D eigenvalue weighted by Crippen LogP contribution is -2.17. The minimum absolute atomic E-state index is 0.326. The fourth-order valence-corrected chi connectivity index (χ4v) is 4.35. The van der Waals surface area contributed by atoms with Gasteiger partial charge in [0.2, 0.25) is 0 Å². The van der Waals surface area contributed by atoms with Crippen LogP contribution >= 0.6 is 11.3 Å². The molecule has 0 spiro atoms. The zero-order valence-corrected chi connectivity index (χ0v) is 13.3. The third-order valence-corrected chi connectivity index (χ3v) is 5.29. The van der Waals surface area contributed by atoms with Crippen molar-refractivity contribution in [3.63, 3.8) is 0 Å². The molecule has 2 rings (SSSR count). The summed E-state index contributed by atoms with van der Waals surface area (Å²) < 4.78 is 29.1. The van der Waals surface area contributed by atoms with Crippen molar-refractivity contribution in [3.8, 4) is 0 Å². The third-order valence-electron chi connectivity index (χ3n) is 2.79. The van der Waals surface area contributed by atoms with E-state index in [1.165, 1.54) is 11.3 Å². The van der Waals surface area contributed by atoms with Crippen LogP contribution in [0.25, 0.3) is 0 Å². The van der Waals surface area contributed by atoms with Crippen LogP contribution in [0.15, 0.2) is 22.5 Å². The monoisotopic (exact) mass is 314 g/mol. The molecule has 0 aliphatic carbocycles. The predicted molar refractivity (Wildman–Crippen MR) is 80.5 cm³/mol. The summed E-state index contributed by atoms with van der Waals surface area (Å²) in [6.07, 6.45) is 1.66. The fraction of sp³-hybridized carbons (Fsp3) is 0.417. The minimum atomic E-state index is -3.57. The number of aryl methyl sites for hydroxylation is 2. The van der Waals surface area contributed by atoms with E-state index in [1.807, 2.05) is 6.92 Å². The fourth-order valence-electron chi connectivity index (χ4n) is 1.84. The summed E-state index contributed by atoms with van der Waals surface area (Å²) in [5.74, 6) is 0. The van der Waals surface area contributed by atoms with E-state index in [0.717, 1.165) is 11.4 Å². The van der Waals surface area contributed by atoms with Gasteiger partial charge in [-0.1, -0.05) is 6.92 Å². The molecule has 2 heterocycles. The maximum absolute atomic E-state index is 12.4. The van der Waals surface area contributed by atoms with Gasteiger partial charge in [0.15, 0.2) is 0 Å². The molecule has 0 bridgehead atoms. The highest BCUT2D eigenvalue weighted by Crippen LogP contribution is 2.25. The Balaban J connectivity index is 2.27. The summed E-state index contributed by atoms with van der Waals surface area (Å²) in [5, 5.41) is 9.06. The summed E-state index contributed by atoms with van der Waals surface area (Å²) in [5.41, 5.74) is 1.16. The molecule has 0 amide bonds. The number of anilines is 1. The average molecular weight is 314 g/mol. The summed E-state index contributed by atoms with van der Waals surface area (Å²) >= 11 is 1.43. The first-order chi connectivity index (χ1) is 9.44. The predicted octanol–water partition coefficient (Wildman–Crippen LogP) is 1.70. The van der Waals surface area contributed by atoms with Gasteiger partial charge in [-0.25, -0.2) is 8.42 Å². The van der Waals surface area contributed by atoms with E-state index in [-0.39, 0.29) is 0 Å². The van der Waals surface area contributed by atoms with Crippen molar-refractivity contribution in [2.45, 2.75) is 25.3 Å². The quantitative estimate of drug-likeness (QED) is 0.851. The zero-order valence-electron chi connectivity index (χ0n) is 11.7. The molecule has 0 fully saturated rings. The van der Waals surface area contributed by atoms with Gasteiger partial charge in [0.1, 0.15) is 4.90 Å². The summed E-state index contributed by atoms with van der Waals surface area (Å²) in [4.78, 5) is 1.13. The summed E-state index contributed by atoms with van der Waals surface area (Å²) in [7, 11) is -1.82. The van der Waals surface area contributed by atoms with Crippen LogP contribution < -0.4 is 10.0 Å². The minimum Gasteiger partial charge on any atom is -0.312 e. The maximum atomic E-state index is 12.4. The summed E-state index contributed by atoms with van der Waals surface area (Å²) in [6, 6.07) is 1.63. The molecule has 6 nitrogen and oxygen atoms in total. The van der Waals surface area contributed by atoms with Crippen LogP contribution in [0.2, 0.25) is 0 Å².